The van der Waals surface area contributed by atoms with Crippen LogP contribution in [0.15, 0.2) is 24.4 Å². The summed E-state index contributed by atoms with van der Waals surface area (Å²) in [6.45, 7) is 14.3. The summed E-state index contributed by atoms with van der Waals surface area (Å²) in [7, 11) is 2.71. The van der Waals surface area contributed by atoms with Gasteiger partial charge in [0.1, 0.15) is 24.4 Å². The molecule has 0 radical (unpaired) electrons. The lowest BCUT2D eigenvalue weighted by molar-refractivity contribution is -0.149. The molecular weight excluding hydrogens is 528 g/mol. The molecule has 0 bridgehead atoms. The average Bonchev–Trinajstić information content (AvgIpc) is 2.91. The lowest BCUT2D eigenvalue weighted by Crippen LogP contribution is -2.48. The topological polar surface area (TPSA) is 143 Å². The summed E-state index contributed by atoms with van der Waals surface area (Å²) in [5.41, 5.74) is 0.0189. The minimum atomic E-state index is -0.994. The zero-order valence-electron chi connectivity index (χ0n) is 23.7. The van der Waals surface area contributed by atoms with E-state index in [-0.39, 0.29) is 42.4 Å². The molecule has 12 heteroatoms. The van der Waals surface area contributed by atoms with Crippen LogP contribution in [-0.2, 0) is 28.7 Å². The van der Waals surface area contributed by atoms with E-state index in [4.69, 9.17) is 4.74 Å². The van der Waals surface area contributed by atoms with Crippen molar-refractivity contribution in [1.82, 2.24) is 21.3 Å². The molecule has 0 aromatic heterocycles. The molecule has 0 rings (SSSR count). The Kier molecular flexibility index (Phi) is 22.3. The van der Waals surface area contributed by atoms with E-state index in [1.54, 1.807) is 33.8 Å². The Morgan fingerprint density at radius 3 is 2.18 bits per heavy atom. The van der Waals surface area contributed by atoms with Crippen molar-refractivity contribution in [3.05, 3.63) is 24.4 Å². The van der Waals surface area contributed by atoms with Crippen LogP contribution in [0.1, 0.15) is 67.2 Å². The van der Waals surface area contributed by atoms with E-state index in [1.807, 2.05) is 13.8 Å². The summed E-state index contributed by atoms with van der Waals surface area (Å²) >= 11 is 4.12. The summed E-state index contributed by atoms with van der Waals surface area (Å²) < 4.78 is 5.21. The predicted octanol–water partition coefficient (Wildman–Crippen LogP) is 2.91. The normalized spacial score (nSPS) is 13.1. The number of esters is 1. The van der Waals surface area contributed by atoms with Gasteiger partial charge in [-0.3, -0.25) is 19.2 Å². The second-order valence-electron chi connectivity index (χ2n) is 8.31. The van der Waals surface area contributed by atoms with Crippen molar-refractivity contribution >= 4 is 52.1 Å². The van der Waals surface area contributed by atoms with Crippen LogP contribution in [0, 0.1) is 11.8 Å². The van der Waals surface area contributed by atoms with Crippen molar-refractivity contribution in [2.24, 2.45) is 11.8 Å². The fourth-order valence-corrected chi connectivity index (χ4v) is 4.08. The molecule has 0 saturated carbocycles. The van der Waals surface area contributed by atoms with Crippen molar-refractivity contribution in [1.29, 1.82) is 0 Å². The van der Waals surface area contributed by atoms with E-state index in [0.717, 1.165) is 0 Å². The van der Waals surface area contributed by atoms with Gasteiger partial charge < -0.3 is 26.0 Å². The minimum absolute atomic E-state index is 0.0189. The monoisotopic (exact) mass is 574 g/mol. The van der Waals surface area contributed by atoms with Gasteiger partial charge in [-0.25, -0.2) is 4.79 Å². The molecule has 218 valence electrons. The maximum atomic E-state index is 12.8. The second-order valence-corrected chi connectivity index (χ2v) is 9.67. The number of hydrogen-bond donors (Lipinski definition) is 5. The van der Waals surface area contributed by atoms with Crippen molar-refractivity contribution in [3.63, 3.8) is 0 Å². The molecule has 1 unspecified atom stereocenters. The van der Waals surface area contributed by atoms with Gasteiger partial charge in [0.05, 0.1) is 6.42 Å². The van der Waals surface area contributed by atoms with E-state index in [2.05, 4.69) is 39.5 Å². The summed E-state index contributed by atoms with van der Waals surface area (Å²) in [6.07, 6.45) is 4.67. The molecule has 0 aromatic rings. The Bertz CT molecular complexity index is 805. The number of carbonyl (C=O) groups is 5. The minimum Gasteiger partial charge on any atom is -0.464 e. The van der Waals surface area contributed by atoms with Gasteiger partial charge in [0.25, 0.3) is 5.91 Å². The van der Waals surface area contributed by atoms with Crippen LogP contribution in [-0.4, -0.2) is 61.1 Å². The molecule has 0 aliphatic rings. The van der Waals surface area contributed by atoms with Gasteiger partial charge in [-0.1, -0.05) is 57.6 Å². The Morgan fingerprint density at radius 1 is 1.08 bits per heavy atom. The smallest absolute Gasteiger partial charge is 0.328 e. The SMILES string of the molecule is C=CCC[C@H](CSS)C(=O)N/C(=C\C)C(=O)NC(C(=O)OCCC(=O)N[C@H](CC)C(=O)NC)C(C)C.CC. The third kappa shape index (κ3) is 15.1. The molecule has 0 aromatic carbocycles. The highest BCUT2D eigenvalue weighted by Crippen LogP contribution is 2.18. The zero-order valence-corrected chi connectivity index (χ0v) is 25.4. The van der Waals surface area contributed by atoms with Gasteiger partial charge in [0.15, 0.2) is 0 Å². The van der Waals surface area contributed by atoms with Crippen molar-refractivity contribution in [3.8, 4) is 0 Å². The van der Waals surface area contributed by atoms with Gasteiger partial charge in [-0.15, -0.1) is 18.2 Å². The Labute approximate surface area is 236 Å². The van der Waals surface area contributed by atoms with E-state index in [1.165, 1.54) is 23.9 Å². The van der Waals surface area contributed by atoms with Crippen LogP contribution in [0.3, 0.4) is 0 Å². The first-order valence-electron chi connectivity index (χ1n) is 12.9. The quantitative estimate of drug-likeness (QED) is 0.0591. The van der Waals surface area contributed by atoms with Gasteiger partial charge >= 0.3 is 5.97 Å². The Morgan fingerprint density at radius 2 is 1.71 bits per heavy atom. The highest BCUT2D eigenvalue weighted by Gasteiger charge is 2.28. The Balaban J connectivity index is 0. The van der Waals surface area contributed by atoms with E-state index >= 15 is 0 Å². The Hall–Kier alpha value is -2.47. The van der Waals surface area contributed by atoms with E-state index in [9.17, 15) is 24.0 Å². The van der Waals surface area contributed by atoms with Crippen LogP contribution in [0.25, 0.3) is 0 Å². The van der Waals surface area contributed by atoms with Crippen molar-refractivity contribution in [2.75, 3.05) is 19.4 Å². The fraction of sp³-hybridized carbons (Fsp3) is 0.654. The maximum absolute atomic E-state index is 12.8. The molecule has 0 saturated heterocycles. The van der Waals surface area contributed by atoms with E-state index < -0.39 is 29.9 Å². The lowest BCUT2D eigenvalue weighted by atomic mass is 10.0. The molecule has 10 nitrogen and oxygen atoms in total. The third-order valence-electron chi connectivity index (χ3n) is 5.24. The molecule has 0 spiro atoms. The number of amides is 4. The highest BCUT2D eigenvalue weighted by atomic mass is 33.1. The highest BCUT2D eigenvalue weighted by molar-refractivity contribution is 8.68. The average molecular weight is 575 g/mol. The second kappa shape index (κ2) is 22.5. The molecule has 0 aliphatic carbocycles. The molecule has 4 amide bonds. The number of nitrogens with one attached hydrogen (secondary N) is 4. The van der Waals surface area contributed by atoms with Crippen LogP contribution >= 0.6 is 22.5 Å². The van der Waals surface area contributed by atoms with Crippen LogP contribution < -0.4 is 21.3 Å². The molecule has 4 N–H and O–H groups in total. The van der Waals surface area contributed by atoms with Crippen LogP contribution in [0.5, 0.6) is 0 Å². The molecular formula is C26H46N4O6S2. The van der Waals surface area contributed by atoms with Gasteiger partial charge in [0.2, 0.25) is 17.7 Å². The third-order valence-corrected chi connectivity index (χ3v) is 6.24. The van der Waals surface area contributed by atoms with Gasteiger partial charge in [-0.2, -0.15) is 0 Å². The number of allylic oxidation sites excluding steroid dienone is 2. The standard InChI is InChI=1S/C24H40N4O6S2.C2H6/c1-7-10-11-16(14-36-35)21(30)27-18(9-3)23(32)28-20(15(4)5)24(33)34-13-12-19(29)26-17(8-2)22(31)25-6;1-2/h7,9,15-17,20,35H,1,8,10-14H2,2-6H3,(H,25,31)(H,26,29)(H,27,30)(H,28,32);1-2H3/b18-9-;/t16-,17-,20?;/m1./s1. The summed E-state index contributed by atoms with van der Waals surface area (Å²) in [6, 6.07) is -1.66. The molecule has 0 fully saturated rings. The number of thiol groups is 1. The molecule has 3 atom stereocenters. The number of ether oxygens (including phenoxy) is 1. The maximum Gasteiger partial charge on any atom is 0.328 e. The van der Waals surface area contributed by atoms with Gasteiger partial charge in [-0.05, 0) is 32.1 Å². The summed E-state index contributed by atoms with van der Waals surface area (Å²) in [5, 5.41) is 10.3. The van der Waals surface area contributed by atoms with Crippen molar-refractivity contribution in [2.45, 2.75) is 79.3 Å². The van der Waals surface area contributed by atoms with Crippen LogP contribution in [0.2, 0.25) is 0 Å². The lowest BCUT2D eigenvalue weighted by Gasteiger charge is -2.22. The predicted molar refractivity (Wildman–Crippen MR) is 156 cm³/mol. The first-order valence-corrected chi connectivity index (χ1v) is 14.9. The zero-order chi connectivity index (χ0) is 29.7. The number of likely N-dealkylation sites (N-methyl/N-ethyl adjacent to an activating group) is 1. The first-order chi connectivity index (χ1) is 18.1. The number of hydrogen-bond acceptors (Lipinski definition) is 8. The molecule has 38 heavy (non-hydrogen) atoms. The number of rotatable bonds is 17. The largest absolute Gasteiger partial charge is 0.464 e. The fourth-order valence-electron chi connectivity index (χ4n) is 3.04. The summed E-state index contributed by atoms with van der Waals surface area (Å²) in [5.74, 6) is -2.61. The van der Waals surface area contributed by atoms with Crippen molar-refractivity contribution < 1.29 is 28.7 Å². The van der Waals surface area contributed by atoms with Gasteiger partial charge in [0, 0.05) is 18.7 Å². The number of carbonyl (C=O) groups excluding carboxylic acids is 5. The van der Waals surface area contributed by atoms with Crippen LogP contribution in [0.4, 0.5) is 0 Å². The summed E-state index contributed by atoms with van der Waals surface area (Å²) in [4.78, 5) is 61.9. The first kappa shape index (κ1) is 37.7. The molecule has 0 heterocycles. The molecule has 0 aliphatic heterocycles. The van der Waals surface area contributed by atoms with E-state index in [0.29, 0.717) is 25.0 Å².